The lowest BCUT2D eigenvalue weighted by atomic mass is 9.83. The summed E-state index contributed by atoms with van der Waals surface area (Å²) in [5.74, 6) is 0. The van der Waals surface area contributed by atoms with E-state index < -0.39 is 17.3 Å². The summed E-state index contributed by atoms with van der Waals surface area (Å²) in [7, 11) is 0. The van der Waals surface area contributed by atoms with Gasteiger partial charge in [0.05, 0.1) is 24.4 Å². The van der Waals surface area contributed by atoms with Crippen LogP contribution in [0.25, 0.3) is 0 Å². The zero-order valence-corrected chi connectivity index (χ0v) is 14.9. The molecular weight excluding hydrogens is 304 g/mol. The number of aliphatic hydroxyl groups is 2. The van der Waals surface area contributed by atoms with E-state index in [1.54, 1.807) is 0 Å². The zero-order chi connectivity index (χ0) is 17.5. The van der Waals surface area contributed by atoms with Crippen molar-refractivity contribution in [1.29, 1.82) is 0 Å². The molecule has 5 unspecified atom stereocenters. The van der Waals surface area contributed by atoms with Gasteiger partial charge < -0.3 is 19.7 Å². The van der Waals surface area contributed by atoms with Crippen LogP contribution in [-0.4, -0.2) is 46.3 Å². The van der Waals surface area contributed by atoms with Crippen molar-refractivity contribution in [3.05, 3.63) is 36.0 Å². The lowest BCUT2D eigenvalue weighted by molar-refractivity contribution is -0.0990. The van der Waals surface area contributed by atoms with Crippen LogP contribution in [0.15, 0.2) is 36.0 Å². The van der Waals surface area contributed by atoms with Crippen molar-refractivity contribution in [3.8, 4) is 0 Å². The average Bonchev–Trinajstić information content (AvgIpc) is 3.07. The molecule has 2 saturated heterocycles. The molecule has 24 heavy (non-hydrogen) atoms. The van der Waals surface area contributed by atoms with Gasteiger partial charge >= 0.3 is 0 Å². The molecule has 4 nitrogen and oxygen atoms in total. The molecule has 0 saturated carbocycles. The second-order valence-corrected chi connectivity index (χ2v) is 7.94. The monoisotopic (exact) mass is 334 g/mol. The Morgan fingerprint density at radius 1 is 1.21 bits per heavy atom. The predicted octanol–water partition coefficient (Wildman–Crippen LogP) is 3.05. The maximum absolute atomic E-state index is 11.1. The zero-order valence-electron chi connectivity index (χ0n) is 14.9. The van der Waals surface area contributed by atoms with E-state index in [0.717, 1.165) is 36.0 Å². The highest BCUT2D eigenvalue weighted by Gasteiger charge is 2.46. The standard InChI is InChI=1S/C20H30O4/c1-13-5-6-17(21)19(4)9-8-16(24-19)14(2)7-10-20(22)15(3)12-23-18(20)11-13/h11,16-18,21-22H,2-3,5-10,12H2,1,4H3. The lowest BCUT2D eigenvalue weighted by Gasteiger charge is -2.31. The van der Waals surface area contributed by atoms with Gasteiger partial charge in [0, 0.05) is 0 Å². The van der Waals surface area contributed by atoms with Gasteiger partial charge in [-0.05, 0) is 63.5 Å². The third-order valence-corrected chi connectivity index (χ3v) is 6.07. The first-order chi connectivity index (χ1) is 11.2. The fraction of sp³-hybridized carbons (Fsp3) is 0.700. The molecule has 3 rings (SSSR count). The van der Waals surface area contributed by atoms with E-state index in [1.807, 2.05) is 19.9 Å². The number of hydrogen-bond donors (Lipinski definition) is 2. The van der Waals surface area contributed by atoms with Crippen LogP contribution < -0.4 is 0 Å². The molecule has 3 aliphatic rings. The summed E-state index contributed by atoms with van der Waals surface area (Å²) in [5, 5.41) is 21.8. The molecule has 134 valence electrons. The molecule has 2 fully saturated rings. The van der Waals surface area contributed by atoms with Crippen LogP contribution in [0, 0.1) is 0 Å². The van der Waals surface area contributed by atoms with Gasteiger partial charge in [0.25, 0.3) is 0 Å². The van der Waals surface area contributed by atoms with Crippen LogP contribution in [-0.2, 0) is 9.47 Å². The van der Waals surface area contributed by atoms with Gasteiger partial charge in [-0.2, -0.15) is 0 Å². The summed E-state index contributed by atoms with van der Waals surface area (Å²) in [6.45, 7) is 12.6. The second-order valence-electron chi connectivity index (χ2n) is 7.94. The molecule has 2 N–H and O–H groups in total. The lowest BCUT2D eigenvalue weighted by Crippen LogP contribution is -2.39. The van der Waals surface area contributed by atoms with E-state index in [9.17, 15) is 10.2 Å². The predicted molar refractivity (Wildman–Crippen MR) is 93.7 cm³/mol. The molecule has 4 heteroatoms. The van der Waals surface area contributed by atoms with E-state index >= 15 is 0 Å². The van der Waals surface area contributed by atoms with Crippen LogP contribution in [0.4, 0.5) is 0 Å². The minimum absolute atomic E-state index is 0.0444. The molecule has 0 aliphatic carbocycles. The fourth-order valence-corrected chi connectivity index (χ4v) is 4.08. The minimum atomic E-state index is -1.04. The second kappa shape index (κ2) is 6.41. The summed E-state index contributed by atoms with van der Waals surface area (Å²) in [4.78, 5) is 0. The smallest absolute Gasteiger partial charge is 0.118 e. The minimum Gasteiger partial charge on any atom is -0.390 e. The molecular formula is C20H30O4. The number of ether oxygens (including phenoxy) is 2. The van der Waals surface area contributed by atoms with Gasteiger partial charge in [-0.15, -0.1) is 0 Å². The van der Waals surface area contributed by atoms with Crippen molar-refractivity contribution < 1.29 is 19.7 Å². The quantitative estimate of drug-likeness (QED) is 0.669. The Kier molecular flexibility index (Phi) is 4.77. The summed E-state index contributed by atoms with van der Waals surface area (Å²) in [5.41, 5.74) is 1.28. The Balaban J connectivity index is 1.88. The van der Waals surface area contributed by atoms with Gasteiger partial charge in [-0.25, -0.2) is 0 Å². The van der Waals surface area contributed by atoms with Gasteiger partial charge in [-0.3, -0.25) is 0 Å². The van der Waals surface area contributed by atoms with Crippen molar-refractivity contribution >= 4 is 0 Å². The Hall–Kier alpha value is -0.940. The van der Waals surface area contributed by atoms with Crippen molar-refractivity contribution in [2.75, 3.05) is 6.61 Å². The number of hydrogen-bond acceptors (Lipinski definition) is 4. The summed E-state index contributed by atoms with van der Waals surface area (Å²) in [6.07, 6.45) is 5.39. The number of allylic oxidation sites excluding steroid dienone is 1. The maximum atomic E-state index is 11.1. The van der Waals surface area contributed by atoms with Crippen molar-refractivity contribution in [2.45, 2.75) is 81.9 Å². The normalized spacial score (nSPS) is 44.3. The van der Waals surface area contributed by atoms with E-state index in [4.69, 9.17) is 9.47 Å². The van der Waals surface area contributed by atoms with E-state index in [-0.39, 0.29) is 12.2 Å². The van der Waals surface area contributed by atoms with Gasteiger partial charge in [-0.1, -0.05) is 24.8 Å². The highest BCUT2D eigenvalue weighted by Crippen LogP contribution is 2.41. The molecule has 3 aliphatic heterocycles. The molecule has 0 amide bonds. The highest BCUT2D eigenvalue weighted by molar-refractivity contribution is 5.27. The van der Waals surface area contributed by atoms with E-state index in [2.05, 4.69) is 13.2 Å². The third kappa shape index (κ3) is 3.13. The van der Waals surface area contributed by atoms with Crippen LogP contribution in [0.3, 0.4) is 0 Å². The largest absolute Gasteiger partial charge is 0.390 e. The average molecular weight is 334 g/mol. The fourth-order valence-electron chi connectivity index (χ4n) is 4.08. The van der Waals surface area contributed by atoms with Gasteiger partial charge in [0.1, 0.15) is 11.7 Å². The number of aliphatic hydroxyl groups excluding tert-OH is 1. The molecule has 2 bridgehead atoms. The Morgan fingerprint density at radius 3 is 2.71 bits per heavy atom. The Labute approximate surface area is 144 Å². The van der Waals surface area contributed by atoms with Crippen molar-refractivity contribution in [1.82, 2.24) is 0 Å². The first kappa shape index (κ1) is 17.9. The number of fused-ring (bicyclic) bond motifs is 3. The molecule has 0 aromatic rings. The van der Waals surface area contributed by atoms with Crippen LogP contribution in [0.2, 0.25) is 0 Å². The van der Waals surface area contributed by atoms with E-state index in [0.29, 0.717) is 25.9 Å². The molecule has 3 heterocycles. The highest BCUT2D eigenvalue weighted by atomic mass is 16.5. The Bertz CT molecular complexity index is 566. The van der Waals surface area contributed by atoms with Crippen LogP contribution in [0.1, 0.15) is 52.4 Å². The molecule has 0 aromatic heterocycles. The SMILES string of the molecule is C=C1CCC2(O)C(=C)COC2C=C(C)CCC(O)C2(C)CCC1O2. The topological polar surface area (TPSA) is 58.9 Å². The first-order valence-electron chi connectivity index (χ1n) is 8.98. The summed E-state index contributed by atoms with van der Waals surface area (Å²) >= 11 is 0. The Morgan fingerprint density at radius 2 is 1.96 bits per heavy atom. The van der Waals surface area contributed by atoms with Crippen molar-refractivity contribution in [3.63, 3.8) is 0 Å². The number of rotatable bonds is 0. The third-order valence-electron chi connectivity index (χ3n) is 6.07. The summed E-state index contributed by atoms with van der Waals surface area (Å²) in [6, 6.07) is 0. The first-order valence-corrected chi connectivity index (χ1v) is 8.98. The van der Waals surface area contributed by atoms with E-state index in [1.165, 1.54) is 0 Å². The molecule has 5 atom stereocenters. The maximum Gasteiger partial charge on any atom is 0.118 e. The van der Waals surface area contributed by atoms with Gasteiger partial charge in [0.15, 0.2) is 0 Å². The van der Waals surface area contributed by atoms with Crippen LogP contribution in [0.5, 0.6) is 0 Å². The molecule has 0 spiro atoms. The van der Waals surface area contributed by atoms with Crippen molar-refractivity contribution in [2.24, 2.45) is 0 Å². The van der Waals surface area contributed by atoms with Crippen LogP contribution >= 0.6 is 0 Å². The van der Waals surface area contributed by atoms with Gasteiger partial charge in [0.2, 0.25) is 0 Å². The molecule has 0 aromatic carbocycles. The summed E-state index contributed by atoms with van der Waals surface area (Å²) < 4.78 is 12.0. The molecule has 0 radical (unpaired) electrons.